The summed E-state index contributed by atoms with van der Waals surface area (Å²) < 4.78 is 0. The molecule has 1 nitrogen and oxygen atoms in total. The summed E-state index contributed by atoms with van der Waals surface area (Å²) in [6.07, 6.45) is 10.1. The maximum Gasteiger partial charge on any atom is 0.0205 e. The van der Waals surface area contributed by atoms with Crippen LogP contribution in [0, 0.1) is 5.41 Å². The SMILES string of the molecule is CCCNCc1cccc(SC2CCC3(CC2)CC3)c1. The standard InChI is InChI=1S/C18H27NS/c1-2-12-19-14-15-4-3-5-17(13-15)20-16-6-8-18(9-7-16)10-11-18/h3-5,13,16,19H,2,6-12,14H2,1H3. The fourth-order valence-electron chi connectivity index (χ4n) is 3.33. The van der Waals surface area contributed by atoms with E-state index in [9.17, 15) is 0 Å². The number of hydrogen-bond acceptors (Lipinski definition) is 2. The molecule has 0 aromatic heterocycles. The van der Waals surface area contributed by atoms with Crippen molar-refractivity contribution in [3.8, 4) is 0 Å². The van der Waals surface area contributed by atoms with E-state index in [1.54, 1.807) is 0 Å². The summed E-state index contributed by atoms with van der Waals surface area (Å²) in [5.41, 5.74) is 2.25. The smallest absolute Gasteiger partial charge is 0.0205 e. The Balaban J connectivity index is 1.50. The average molecular weight is 289 g/mol. The predicted octanol–water partition coefficient (Wildman–Crippen LogP) is 5.00. The maximum atomic E-state index is 3.49. The summed E-state index contributed by atoms with van der Waals surface area (Å²) >= 11 is 2.12. The molecule has 110 valence electrons. The van der Waals surface area contributed by atoms with Crippen LogP contribution in [-0.2, 0) is 6.54 Å². The van der Waals surface area contributed by atoms with Crippen LogP contribution in [0.4, 0.5) is 0 Å². The third-order valence-electron chi connectivity index (χ3n) is 4.91. The van der Waals surface area contributed by atoms with E-state index in [-0.39, 0.29) is 0 Å². The van der Waals surface area contributed by atoms with Crippen molar-refractivity contribution >= 4 is 11.8 Å². The summed E-state index contributed by atoms with van der Waals surface area (Å²) in [6, 6.07) is 9.13. The molecule has 2 aliphatic rings. The first-order chi connectivity index (χ1) is 9.80. The fourth-order valence-corrected chi connectivity index (χ4v) is 4.56. The lowest BCUT2D eigenvalue weighted by atomic mass is 9.86. The van der Waals surface area contributed by atoms with Crippen molar-refractivity contribution in [2.24, 2.45) is 5.41 Å². The lowest BCUT2D eigenvalue weighted by Crippen LogP contribution is -2.17. The first-order valence-electron chi connectivity index (χ1n) is 8.26. The molecule has 1 aromatic rings. The Kier molecular flexibility index (Phi) is 4.72. The van der Waals surface area contributed by atoms with E-state index < -0.39 is 0 Å². The van der Waals surface area contributed by atoms with Crippen molar-refractivity contribution in [3.05, 3.63) is 29.8 Å². The molecule has 0 amide bonds. The molecule has 0 heterocycles. The van der Waals surface area contributed by atoms with E-state index in [2.05, 4.69) is 48.3 Å². The molecule has 0 radical (unpaired) electrons. The van der Waals surface area contributed by atoms with Gasteiger partial charge in [0.1, 0.15) is 0 Å². The van der Waals surface area contributed by atoms with Gasteiger partial charge in [-0.1, -0.05) is 19.1 Å². The van der Waals surface area contributed by atoms with Crippen molar-refractivity contribution in [2.45, 2.75) is 68.6 Å². The van der Waals surface area contributed by atoms with Gasteiger partial charge in [-0.25, -0.2) is 0 Å². The molecule has 0 bridgehead atoms. The van der Waals surface area contributed by atoms with Gasteiger partial charge in [-0.3, -0.25) is 0 Å². The van der Waals surface area contributed by atoms with E-state index in [4.69, 9.17) is 0 Å². The van der Waals surface area contributed by atoms with Gasteiger partial charge >= 0.3 is 0 Å². The molecule has 2 fully saturated rings. The second kappa shape index (κ2) is 6.53. The number of thioether (sulfide) groups is 1. The molecular formula is C18H27NS. The van der Waals surface area contributed by atoms with E-state index >= 15 is 0 Å². The first-order valence-corrected chi connectivity index (χ1v) is 9.14. The molecule has 0 unspecified atom stereocenters. The van der Waals surface area contributed by atoms with Gasteiger partial charge in [0.05, 0.1) is 0 Å². The van der Waals surface area contributed by atoms with Crippen molar-refractivity contribution < 1.29 is 0 Å². The van der Waals surface area contributed by atoms with Crippen LogP contribution >= 0.6 is 11.8 Å². The molecule has 3 rings (SSSR count). The van der Waals surface area contributed by atoms with Crippen LogP contribution in [0.5, 0.6) is 0 Å². The minimum atomic E-state index is 0.822. The Morgan fingerprint density at radius 2 is 2.00 bits per heavy atom. The Labute approximate surface area is 127 Å². The Hall–Kier alpha value is -0.470. The molecule has 1 N–H and O–H groups in total. The van der Waals surface area contributed by atoms with E-state index in [1.807, 2.05) is 0 Å². The first kappa shape index (κ1) is 14.5. The van der Waals surface area contributed by atoms with Crippen LogP contribution in [0.3, 0.4) is 0 Å². The summed E-state index contributed by atoms with van der Waals surface area (Å²) in [7, 11) is 0. The topological polar surface area (TPSA) is 12.0 Å². The lowest BCUT2D eigenvalue weighted by molar-refractivity contribution is 0.344. The molecule has 0 aliphatic heterocycles. The summed E-state index contributed by atoms with van der Waals surface area (Å²) in [4.78, 5) is 1.47. The van der Waals surface area contributed by atoms with Crippen LogP contribution in [0.1, 0.15) is 57.4 Å². The highest BCUT2D eigenvalue weighted by molar-refractivity contribution is 8.00. The van der Waals surface area contributed by atoms with Crippen LogP contribution in [0.2, 0.25) is 0 Å². The molecule has 20 heavy (non-hydrogen) atoms. The summed E-state index contributed by atoms with van der Waals surface area (Å²) in [5.74, 6) is 0. The quantitative estimate of drug-likeness (QED) is 0.740. The number of nitrogens with one attached hydrogen (secondary N) is 1. The molecule has 2 saturated carbocycles. The van der Waals surface area contributed by atoms with Gasteiger partial charge in [0.25, 0.3) is 0 Å². The average Bonchev–Trinajstić information content (AvgIpc) is 3.22. The van der Waals surface area contributed by atoms with Crippen LogP contribution in [0.25, 0.3) is 0 Å². The second-order valence-electron chi connectivity index (χ2n) is 6.64. The van der Waals surface area contributed by atoms with E-state index in [0.717, 1.165) is 23.8 Å². The molecular weight excluding hydrogens is 262 g/mol. The van der Waals surface area contributed by atoms with Crippen LogP contribution < -0.4 is 5.32 Å². The lowest BCUT2D eigenvalue weighted by Gasteiger charge is -2.28. The van der Waals surface area contributed by atoms with Gasteiger partial charge in [-0.15, -0.1) is 11.8 Å². The predicted molar refractivity (Wildman–Crippen MR) is 88.2 cm³/mol. The molecule has 0 saturated heterocycles. The minimum absolute atomic E-state index is 0.822. The molecule has 2 heteroatoms. The summed E-state index contributed by atoms with van der Waals surface area (Å²) in [6.45, 7) is 4.34. The largest absolute Gasteiger partial charge is 0.313 e. The normalized spacial score (nSPS) is 21.2. The Morgan fingerprint density at radius 3 is 2.70 bits per heavy atom. The Morgan fingerprint density at radius 1 is 1.20 bits per heavy atom. The van der Waals surface area contributed by atoms with Gasteiger partial charge in [0.2, 0.25) is 0 Å². The third kappa shape index (κ3) is 3.79. The van der Waals surface area contributed by atoms with Crippen LogP contribution in [0.15, 0.2) is 29.2 Å². The van der Waals surface area contributed by atoms with Gasteiger partial charge < -0.3 is 5.32 Å². The highest BCUT2D eigenvalue weighted by atomic mass is 32.2. The zero-order valence-electron chi connectivity index (χ0n) is 12.7. The van der Waals surface area contributed by atoms with Crippen molar-refractivity contribution in [3.63, 3.8) is 0 Å². The van der Waals surface area contributed by atoms with Crippen molar-refractivity contribution in [1.29, 1.82) is 0 Å². The van der Waals surface area contributed by atoms with Gasteiger partial charge in [0.15, 0.2) is 0 Å². The van der Waals surface area contributed by atoms with Gasteiger partial charge in [0, 0.05) is 16.7 Å². The van der Waals surface area contributed by atoms with E-state index in [1.165, 1.54) is 55.4 Å². The highest BCUT2D eigenvalue weighted by Crippen LogP contribution is 2.57. The highest BCUT2D eigenvalue weighted by Gasteiger charge is 2.44. The zero-order valence-corrected chi connectivity index (χ0v) is 13.5. The molecule has 0 atom stereocenters. The molecule has 2 aliphatic carbocycles. The molecule has 1 spiro atoms. The van der Waals surface area contributed by atoms with Crippen molar-refractivity contribution in [2.75, 3.05) is 6.54 Å². The Bertz CT molecular complexity index is 429. The third-order valence-corrected chi connectivity index (χ3v) is 6.24. The number of rotatable bonds is 6. The number of hydrogen-bond donors (Lipinski definition) is 1. The van der Waals surface area contributed by atoms with Crippen molar-refractivity contribution in [1.82, 2.24) is 5.32 Å². The van der Waals surface area contributed by atoms with Gasteiger partial charge in [-0.05, 0) is 74.6 Å². The number of benzene rings is 1. The van der Waals surface area contributed by atoms with Gasteiger partial charge in [-0.2, -0.15) is 0 Å². The minimum Gasteiger partial charge on any atom is -0.313 e. The van der Waals surface area contributed by atoms with Crippen LogP contribution in [-0.4, -0.2) is 11.8 Å². The fraction of sp³-hybridized carbons (Fsp3) is 0.667. The van der Waals surface area contributed by atoms with E-state index in [0.29, 0.717) is 0 Å². The molecule has 1 aromatic carbocycles. The second-order valence-corrected chi connectivity index (χ2v) is 8.02. The zero-order chi connectivity index (χ0) is 13.8. The monoisotopic (exact) mass is 289 g/mol. The summed E-state index contributed by atoms with van der Waals surface area (Å²) in [5, 5.41) is 4.35. The maximum absolute atomic E-state index is 3.49.